The Morgan fingerprint density at radius 3 is 1.29 bits per heavy atom. The first-order chi connectivity index (χ1) is 5.93. The predicted molar refractivity (Wildman–Crippen MR) is 25.5 cm³/mol. The molecule has 0 heterocycles. The van der Waals surface area contributed by atoms with Crippen molar-refractivity contribution in [2.75, 3.05) is 0 Å². The zero-order chi connectivity index (χ0) is 10.9. The quantitative estimate of drug-likeness (QED) is 0.221. The molecule has 0 atom stereocenters. The van der Waals surface area contributed by atoms with E-state index < -0.39 is 46.3 Å². The molecule has 0 rings (SSSR count). The SMILES string of the molecule is O=C([O-])OC(=O)OC(=O)[O-].[Na].[O]=[U+2]=[O]. The van der Waals surface area contributed by atoms with Crippen LogP contribution in [0.3, 0.4) is 0 Å². The van der Waals surface area contributed by atoms with E-state index in [2.05, 4.69) is 9.47 Å². The van der Waals surface area contributed by atoms with Gasteiger partial charge in [-0.05, 0) is 0 Å². The number of ether oxygens (including phenoxy) is 2. The van der Waals surface area contributed by atoms with Gasteiger partial charge in [0.15, 0.2) is 0 Å². The normalized spacial score (nSPS) is 6.29. The van der Waals surface area contributed by atoms with Crippen LogP contribution >= 0.6 is 0 Å². The van der Waals surface area contributed by atoms with Crippen LogP contribution in [0.15, 0.2) is 0 Å². The van der Waals surface area contributed by atoms with E-state index in [1.54, 1.807) is 0 Å². The summed E-state index contributed by atoms with van der Waals surface area (Å²) in [6.45, 7) is 0. The van der Waals surface area contributed by atoms with Crippen molar-refractivity contribution in [3.05, 3.63) is 0 Å². The zero-order valence-electron chi connectivity index (χ0n) is 6.67. The van der Waals surface area contributed by atoms with Crippen molar-refractivity contribution in [2.45, 2.75) is 0 Å². The van der Waals surface area contributed by atoms with Crippen molar-refractivity contribution in [3.8, 4) is 0 Å². The summed E-state index contributed by atoms with van der Waals surface area (Å²) < 4.78 is 23.3. The molecule has 0 aliphatic rings. The number of rotatable bonds is 0. The number of hydrogen-bond acceptors (Lipinski definition) is 9. The Balaban J connectivity index is -0.000000267. The first-order valence-electron chi connectivity index (χ1n) is 2.25. The minimum atomic E-state index is -2.51. The summed E-state index contributed by atoms with van der Waals surface area (Å²) >= 11 is -2.51. The molecule has 0 spiro atoms. The first kappa shape index (κ1) is 19.4. The summed E-state index contributed by atoms with van der Waals surface area (Å²) in [5.74, 6) is 0. The number of carbonyl (C=O) groups excluding carboxylic acids is 3. The van der Waals surface area contributed by atoms with E-state index in [0.717, 1.165) is 0 Å². The fraction of sp³-hybridized carbons (Fsp3) is 0. The molecule has 1 radical (unpaired) electrons. The van der Waals surface area contributed by atoms with Gasteiger partial charge in [0.05, 0.1) is 0 Å². The number of carbonyl (C=O) groups is 3. The molecule has 0 aliphatic carbocycles. The Morgan fingerprint density at radius 1 is 0.929 bits per heavy atom. The second-order valence-electron chi connectivity index (χ2n) is 1.04. The second kappa shape index (κ2) is 12.9. The molecule has 0 bridgehead atoms. The van der Waals surface area contributed by atoms with Crippen LogP contribution < -0.4 is 10.2 Å². The molecule has 0 N–H and O–H groups in total. The molecule has 0 aromatic rings. The number of carboxylic acid groups (broad SMARTS) is 2. The maximum atomic E-state index is 9.78. The van der Waals surface area contributed by atoms with E-state index in [-0.39, 0.29) is 29.6 Å². The van der Waals surface area contributed by atoms with Crippen LogP contribution in [0.2, 0.25) is 0 Å². The van der Waals surface area contributed by atoms with E-state index in [0.29, 0.717) is 0 Å². The van der Waals surface area contributed by atoms with Crippen molar-refractivity contribution in [2.24, 2.45) is 0 Å². The van der Waals surface area contributed by atoms with Gasteiger partial charge in [0, 0.05) is 29.6 Å². The van der Waals surface area contributed by atoms with Crippen LogP contribution in [0.4, 0.5) is 14.4 Å². The minimum absolute atomic E-state index is 0. The summed E-state index contributed by atoms with van der Waals surface area (Å²) in [6, 6.07) is 0. The van der Waals surface area contributed by atoms with Gasteiger partial charge in [-0.2, -0.15) is 0 Å². The molecular weight excluding hydrogens is 441 g/mol. The number of hydrogen-bond donors (Lipinski definition) is 0. The van der Waals surface area contributed by atoms with Crippen LogP contribution in [0.5, 0.6) is 0 Å². The van der Waals surface area contributed by atoms with Gasteiger partial charge in [-0.15, -0.1) is 0 Å². The molecule has 0 aromatic heterocycles. The van der Waals surface area contributed by atoms with Crippen LogP contribution in [0, 0.1) is 27.8 Å². The van der Waals surface area contributed by atoms with E-state index in [9.17, 15) is 24.6 Å². The third kappa shape index (κ3) is 22.6. The molecule has 0 fully saturated rings. The van der Waals surface area contributed by atoms with Crippen molar-refractivity contribution in [1.82, 2.24) is 0 Å². The maximum absolute atomic E-state index is 9.78. The standard InChI is InChI=1S/C3H2O7.Na.2O.U/c4-1(5)9-3(8)10-2(6)7;;;;/h(H,4,5)(H,6,7);;;;/q;;;;+2/p-2. The van der Waals surface area contributed by atoms with E-state index in [1.165, 1.54) is 0 Å². The summed E-state index contributed by atoms with van der Waals surface area (Å²) in [7, 11) is 0. The summed E-state index contributed by atoms with van der Waals surface area (Å²) in [5.41, 5.74) is 0. The van der Waals surface area contributed by atoms with E-state index in [4.69, 9.17) is 4.47 Å². The topological polar surface area (TPSA) is 150 Å². The molecule has 0 saturated heterocycles. The van der Waals surface area contributed by atoms with Crippen molar-refractivity contribution in [1.29, 1.82) is 0 Å². The average molecular weight is 441 g/mol. The van der Waals surface area contributed by atoms with Crippen molar-refractivity contribution in [3.63, 3.8) is 0 Å². The Morgan fingerprint density at radius 2 is 1.14 bits per heavy atom. The predicted octanol–water partition coefficient (Wildman–Crippen LogP) is -2.79. The Hall–Kier alpha value is -0.138. The van der Waals surface area contributed by atoms with E-state index >= 15 is 0 Å². The Labute approximate surface area is 113 Å². The monoisotopic (exact) mass is 441 g/mol. The fourth-order valence-corrected chi connectivity index (χ4v) is 0.157. The second-order valence-corrected chi connectivity index (χ2v) is 1.73. The Bertz CT molecular complexity index is 224. The van der Waals surface area contributed by atoms with Gasteiger partial charge < -0.3 is 29.3 Å². The average Bonchev–Trinajstić information content (AvgIpc) is 1.83. The molecule has 0 unspecified atom stereocenters. The van der Waals surface area contributed by atoms with Crippen LogP contribution in [-0.2, 0) is 13.9 Å². The molecule has 9 nitrogen and oxygen atoms in total. The molecule has 11 heteroatoms. The van der Waals surface area contributed by atoms with E-state index in [1.807, 2.05) is 0 Å². The van der Waals surface area contributed by atoms with Gasteiger partial charge >= 0.3 is 38.4 Å². The third-order valence-electron chi connectivity index (χ3n) is 0.333. The van der Waals surface area contributed by atoms with Gasteiger partial charge in [0.2, 0.25) is 0 Å². The fourth-order valence-electron chi connectivity index (χ4n) is 0.157. The Kier molecular flexibility index (Phi) is 17.9. The molecule has 0 amide bonds. The molecule has 0 aromatic carbocycles. The van der Waals surface area contributed by atoms with Crippen LogP contribution in [0.25, 0.3) is 0 Å². The van der Waals surface area contributed by atoms with Gasteiger partial charge in [0.1, 0.15) is 0 Å². The third-order valence-corrected chi connectivity index (χ3v) is 0.333. The van der Waals surface area contributed by atoms with Gasteiger partial charge in [-0.25, -0.2) is 4.79 Å². The molecule has 0 saturated carbocycles. The van der Waals surface area contributed by atoms with Crippen LogP contribution in [0.1, 0.15) is 0 Å². The molecule has 14 heavy (non-hydrogen) atoms. The van der Waals surface area contributed by atoms with Gasteiger partial charge in [-0.3, -0.25) is 0 Å². The van der Waals surface area contributed by atoms with Gasteiger partial charge in [0.25, 0.3) is 12.3 Å². The molecule has 71 valence electrons. The summed E-state index contributed by atoms with van der Waals surface area (Å²) in [5, 5.41) is 18.7. The van der Waals surface area contributed by atoms with Crippen LogP contribution in [-0.4, -0.2) is 48.0 Å². The van der Waals surface area contributed by atoms with Crippen molar-refractivity contribution < 1.29 is 66.4 Å². The zero-order valence-corrected chi connectivity index (χ0v) is 12.8. The van der Waals surface area contributed by atoms with Gasteiger partial charge in [-0.1, -0.05) is 0 Å². The first-order valence-corrected chi connectivity index (χ1v) is 5.65. The summed E-state index contributed by atoms with van der Waals surface area (Å²) in [6.07, 6.45) is -6.32. The molecular formula is C3NaO9U. The summed E-state index contributed by atoms with van der Waals surface area (Å²) in [4.78, 5) is 28.5. The van der Waals surface area contributed by atoms with Crippen molar-refractivity contribution >= 4 is 48.0 Å². The molecule has 0 aliphatic heterocycles.